The number of piperidine rings is 1. The minimum absolute atomic E-state index is 0.153. The Kier molecular flexibility index (Phi) is 6.38. The molecular weight excluding hydrogens is 453 g/mol. The van der Waals surface area contributed by atoms with Gasteiger partial charge in [-0.1, -0.05) is 18.2 Å². The van der Waals surface area contributed by atoms with Gasteiger partial charge in [0.15, 0.2) is 0 Å². The van der Waals surface area contributed by atoms with E-state index in [1.54, 1.807) is 16.4 Å². The monoisotopic (exact) mass is 480 g/mol. The highest BCUT2D eigenvalue weighted by Crippen LogP contribution is 2.58. The summed E-state index contributed by atoms with van der Waals surface area (Å²) < 4.78 is 72.3. The molecule has 2 saturated heterocycles. The van der Waals surface area contributed by atoms with Crippen LogP contribution in [0.25, 0.3) is 0 Å². The van der Waals surface area contributed by atoms with Crippen LogP contribution >= 0.6 is 10.8 Å². The van der Waals surface area contributed by atoms with Crippen LogP contribution in [0.2, 0.25) is 0 Å². The van der Waals surface area contributed by atoms with Crippen molar-refractivity contribution in [3.63, 3.8) is 0 Å². The average Bonchev–Trinajstić information content (AvgIpc) is 3.14. The number of ether oxygens (including phenoxy) is 2. The number of hydrogen-bond acceptors (Lipinski definition) is 7. The number of hydrogen-bond donors (Lipinski definition) is 3. The fraction of sp³-hybridized carbons (Fsp3) is 0.650. The summed E-state index contributed by atoms with van der Waals surface area (Å²) in [4.78, 5) is 13.8. The van der Waals surface area contributed by atoms with Crippen LogP contribution in [0, 0.1) is 0 Å². The first-order chi connectivity index (χ1) is 15.1. The summed E-state index contributed by atoms with van der Waals surface area (Å²) in [6, 6.07) is 7.05. The van der Waals surface area contributed by atoms with E-state index < -0.39 is 41.4 Å². The third kappa shape index (κ3) is 4.44. The van der Waals surface area contributed by atoms with Gasteiger partial charge in [0.05, 0.1) is 29.8 Å². The van der Waals surface area contributed by atoms with E-state index in [0.717, 1.165) is 5.56 Å². The molecule has 4 rings (SSSR count). The SMILES string of the molecule is O=C(O[C@H](CO)C(F)(F)F)N1CCC2(CC1)CC(N1CCc3ccccc3S1(O)O)CO2. The molecule has 0 aromatic heterocycles. The Morgan fingerprint density at radius 2 is 1.94 bits per heavy atom. The molecule has 12 heteroatoms. The highest BCUT2D eigenvalue weighted by molar-refractivity contribution is 8.22. The molecule has 0 saturated carbocycles. The van der Waals surface area contributed by atoms with E-state index in [4.69, 9.17) is 9.84 Å². The molecule has 3 aliphatic rings. The number of carbonyl (C=O) groups excluding carboxylic acids is 1. The zero-order chi connectivity index (χ0) is 23.1. The van der Waals surface area contributed by atoms with Crippen molar-refractivity contribution in [2.45, 2.75) is 54.5 Å². The normalized spacial score (nSPS) is 27.1. The number of benzene rings is 1. The molecule has 3 aliphatic heterocycles. The molecular formula is C20H27F3N2O6S. The first kappa shape index (κ1) is 23.6. The van der Waals surface area contributed by atoms with Crippen LogP contribution in [0.3, 0.4) is 0 Å². The minimum atomic E-state index is -4.83. The molecule has 0 aliphatic carbocycles. The number of halogens is 3. The maximum absolute atomic E-state index is 12.7. The van der Waals surface area contributed by atoms with E-state index in [0.29, 0.717) is 43.7 Å². The fourth-order valence-electron chi connectivity index (χ4n) is 4.71. The average molecular weight is 481 g/mol. The molecule has 1 unspecified atom stereocenters. The number of likely N-dealkylation sites (tertiary alicyclic amines) is 1. The van der Waals surface area contributed by atoms with E-state index in [1.165, 1.54) is 4.90 Å². The van der Waals surface area contributed by atoms with Crippen LogP contribution in [0.4, 0.5) is 18.0 Å². The van der Waals surface area contributed by atoms with Gasteiger partial charge in [-0.3, -0.25) is 9.11 Å². The van der Waals surface area contributed by atoms with E-state index in [-0.39, 0.29) is 19.1 Å². The third-order valence-corrected chi connectivity index (χ3v) is 8.62. The molecule has 0 radical (unpaired) electrons. The van der Waals surface area contributed by atoms with Gasteiger partial charge in [0.25, 0.3) is 0 Å². The van der Waals surface area contributed by atoms with Crippen LogP contribution in [0.5, 0.6) is 0 Å². The summed E-state index contributed by atoms with van der Waals surface area (Å²) in [7, 11) is -3.14. The first-order valence-corrected chi connectivity index (χ1v) is 12.0. The number of amides is 1. The highest BCUT2D eigenvalue weighted by atomic mass is 32.3. The van der Waals surface area contributed by atoms with Gasteiger partial charge >= 0.3 is 12.3 Å². The van der Waals surface area contributed by atoms with Gasteiger partial charge in [-0.25, -0.2) is 4.79 Å². The van der Waals surface area contributed by atoms with E-state index in [9.17, 15) is 27.1 Å². The molecule has 1 aromatic carbocycles. The van der Waals surface area contributed by atoms with Crippen LogP contribution in [-0.2, 0) is 15.9 Å². The largest absolute Gasteiger partial charge is 0.434 e. The van der Waals surface area contributed by atoms with Crippen molar-refractivity contribution in [3.8, 4) is 0 Å². The van der Waals surface area contributed by atoms with Crippen molar-refractivity contribution in [1.29, 1.82) is 0 Å². The van der Waals surface area contributed by atoms with Gasteiger partial charge in [0.2, 0.25) is 6.10 Å². The Labute approximate surface area is 185 Å². The third-order valence-electron chi connectivity index (χ3n) is 6.50. The fourth-order valence-corrected chi connectivity index (χ4v) is 6.64. The lowest BCUT2D eigenvalue weighted by Crippen LogP contribution is -2.49. The Balaban J connectivity index is 1.36. The Hall–Kier alpha value is -1.57. The summed E-state index contributed by atoms with van der Waals surface area (Å²) in [5.41, 5.74) is 0.346. The molecule has 1 spiro atoms. The maximum atomic E-state index is 12.7. The van der Waals surface area contributed by atoms with Gasteiger partial charge in [0, 0.05) is 19.6 Å². The molecule has 3 N–H and O–H groups in total. The molecule has 2 atom stereocenters. The smallest absolute Gasteiger partial charge is 0.427 e. The number of alkyl halides is 3. The summed E-state index contributed by atoms with van der Waals surface area (Å²) in [5, 5.41) is 8.85. The topological polar surface area (TPSA) is 103 Å². The van der Waals surface area contributed by atoms with Gasteiger partial charge < -0.3 is 19.5 Å². The summed E-state index contributed by atoms with van der Waals surface area (Å²) in [6.07, 6.45) is -6.47. The van der Waals surface area contributed by atoms with E-state index >= 15 is 0 Å². The quantitative estimate of drug-likeness (QED) is 0.610. The lowest BCUT2D eigenvalue weighted by Gasteiger charge is -2.49. The van der Waals surface area contributed by atoms with Crippen molar-refractivity contribution < 1.29 is 41.7 Å². The Morgan fingerprint density at radius 1 is 1.25 bits per heavy atom. The molecule has 8 nitrogen and oxygen atoms in total. The number of aliphatic hydroxyl groups is 1. The molecule has 3 heterocycles. The van der Waals surface area contributed by atoms with Crippen LogP contribution in [-0.4, -0.2) is 86.3 Å². The van der Waals surface area contributed by atoms with Crippen molar-refractivity contribution >= 4 is 16.9 Å². The molecule has 32 heavy (non-hydrogen) atoms. The van der Waals surface area contributed by atoms with Crippen LogP contribution in [0.1, 0.15) is 24.8 Å². The second kappa shape index (κ2) is 8.65. The Morgan fingerprint density at radius 3 is 2.59 bits per heavy atom. The second-order valence-corrected chi connectivity index (χ2v) is 10.4. The van der Waals surface area contributed by atoms with Gasteiger partial charge in [-0.05, 0) is 37.3 Å². The van der Waals surface area contributed by atoms with Crippen molar-refractivity contribution in [2.24, 2.45) is 0 Å². The zero-order valence-electron chi connectivity index (χ0n) is 17.3. The van der Waals surface area contributed by atoms with Crippen molar-refractivity contribution in [3.05, 3.63) is 29.8 Å². The van der Waals surface area contributed by atoms with Crippen molar-refractivity contribution in [1.82, 2.24) is 9.21 Å². The summed E-state index contributed by atoms with van der Waals surface area (Å²) in [5.74, 6) is 0. The molecule has 0 bridgehead atoms. The zero-order valence-corrected chi connectivity index (χ0v) is 18.1. The minimum Gasteiger partial charge on any atom is -0.434 e. The lowest BCUT2D eigenvalue weighted by molar-refractivity contribution is -0.215. The summed E-state index contributed by atoms with van der Waals surface area (Å²) >= 11 is 0. The predicted octanol–water partition coefficient (Wildman–Crippen LogP) is 3.25. The highest BCUT2D eigenvalue weighted by Gasteiger charge is 2.49. The number of fused-ring (bicyclic) bond motifs is 1. The van der Waals surface area contributed by atoms with Crippen LogP contribution in [0.15, 0.2) is 29.2 Å². The molecule has 1 amide bonds. The van der Waals surface area contributed by atoms with Crippen LogP contribution < -0.4 is 0 Å². The van der Waals surface area contributed by atoms with E-state index in [2.05, 4.69) is 4.74 Å². The van der Waals surface area contributed by atoms with E-state index in [1.807, 2.05) is 12.1 Å². The Bertz CT molecular complexity index is 847. The predicted molar refractivity (Wildman–Crippen MR) is 109 cm³/mol. The number of nitrogens with zero attached hydrogens (tertiary/aromatic N) is 2. The number of carbonyl (C=O) groups is 1. The first-order valence-electron chi connectivity index (χ1n) is 10.5. The van der Waals surface area contributed by atoms with Crippen molar-refractivity contribution in [2.75, 3.05) is 32.8 Å². The number of aliphatic hydroxyl groups excluding tert-OH is 1. The molecule has 180 valence electrons. The maximum Gasteiger partial charge on any atom is 0.427 e. The summed E-state index contributed by atoms with van der Waals surface area (Å²) in [6.45, 7) is -0.227. The van der Waals surface area contributed by atoms with Gasteiger partial charge in [-0.2, -0.15) is 17.5 Å². The number of rotatable bonds is 3. The van der Waals surface area contributed by atoms with Gasteiger partial charge in [0.1, 0.15) is 0 Å². The van der Waals surface area contributed by atoms with Gasteiger partial charge in [-0.15, -0.1) is 10.8 Å². The molecule has 1 aromatic rings. The standard InChI is InChI=1S/C20H27F3N2O6S/c21-20(22,23)17(12-26)31-18(27)24-9-6-19(7-10-24)11-15(13-30-19)25-8-5-14-3-1-2-4-16(14)32(25,28)29/h1-4,15,17,26,28-29H,5-13H2/t15?,17-/m1/s1. The lowest BCUT2D eigenvalue weighted by atomic mass is 9.87. The second-order valence-electron chi connectivity index (χ2n) is 8.45. The molecule has 2 fully saturated rings.